The molecule has 1 aromatic rings. The van der Waals surface area contributed by atoms with Crippen LogP contribution in [0.5, 0.6) is 5.75 Å². The summed E-state index contributed by atoms with van der Waals surface area (Å²) in [5.41, 5.74) is -0.442. The van der Waals surface area contributed by atoms with Gasteiger partial charge in [0.25, 0.3) is 0 Å². The molecule has 104 valence electrons. The van der Waals surface area contributed by atoms with Gasteiger partial charge in [-0.25, -0.2) is 0 Å². The summed E-state index contributed by atoms with van der Waals surface area (Å²) in [5.74, 6) is -1.17. The van der Waals surface area contributed by atoms with Crippen LogP contribution in [0.1, 0.15) is 25.8 Å². The number of hydrogen-bond acceptors (Lipinski definition) is 3. The molecule has 1 rings (SSSR count). The summed E-state index contributed by atoms with van der Waals surface area (Å²) in [6.45, 7) is 3.43. The number of phenols is 1. The summed E-state index contributed by atoms with van der Waals surface area (Å²) in [4.78, 5) is 22.8. The van der Waals surface area contributed by atoms with Gasteiger partial charge in [0.05, 0.1) is 11.8 Å². The van der Waals surface area contributed by atoms with Crippen LogP contribution in [0, 0.1) is 5.41 Å². The van der Waals surface area contributed by atoms with Crippen molar-refractivity contribution in [2.45, 2.75) is 26.7 Å². The highest BCUT2D eigenvalue weighted by atomic mass is 16.4. The van der Waals surface area contributed by atoms with Crippen LogP contribution in [0.25, 0.3) is 0 Å². The van der Waals surface area contributed by atoms with E-state index in [0.717, 1.165) is 0 Å². The van der Waals surface area contributed by atoms with Gasteiger partial charge < -0.3 is 15.5 Å². The van der Waals surface area contributed by atoms with Crippen LogP contribution in [0.4, 0.5) is 0 Å². The number of amides is 1. The molecule has 0 radical (unpaired) electrons. The Labute approximate surface area is 112 Å². The molecule has 0 aliphatic carbocycles. The van der Waals surface area contributed by atoms with Gasteiger partial charge in [0.2, 0.25) is 5.91 Å². The minimum absolute atomic E-state index is 0.0338. The fraction of sp³-hybridized carbons (Fsp3) is 0.429. The molecule has 1 atom stereocenters. The van der Waals surface area contributed by atoms with Crippen LogP contribution < -0.4 is 5.32 Å². The summed E-state index contributed by atoms with van der Waals surface area (Å²) in [7, 11) is 0. The van der Waals surface area contributed by atoms with Crippen molar-refractivity contribution in [3.05, 3.63) is 29.8 Å². The minimum Gasteiger partial charge on any atom is -0.508 e. The van der Waals surface area contributed by atoms with Gasteiger partial charge in [-0.3, -0.25) is 9.59 Å². The normalized spacial score (nSPS) is 13.6. The average Bonchev–Trinajstić information content (AvgIpc) is 2.38. The first-order valence-electron chi connectivity index (χ1n) is 6.16. The van der Waals surface area contributed by atoms with Gasteiger partial charge in [-0.2, -0.15) is 0 Å². The van der Waals surface area contributed by atoms with Crippen molar-refractivity contribution in [3.8, 4) is 5.75 Å². The fourth-order valence-corrected chi connectivity index (χ4v) is 1.54. The molecule has 0 heterocycles. The standard InChI is InChI=1S/C14H19NO4/c1-3-14(2,13(18)19)9-15-12(17)8-10-6-4-5-7-11(10)16/h4-7,16H,3,8-9H2,1-2H3,(H,15,17)(H,18,19). The van der Waals surface area contributed by atoms with Gasteiger partial charge in [-0.05, 0) is 19.4 Å². The molecule has 0 spiro atoms. The molecule has 5 nitrogen and oxygen atoms in total. The first-order valence-corrected chi connectivity index (χ1v) is 6.16. The highest BCUT2D eigenvalue weighted by Crippen LogP contribution is 2.20. The highest BCUT2D eigenvalue weighted by molar-refractivity contribution is 5.81. The Balaban J connectivity index is 2.58. The molecule has 5 heteroatoms. The first kappa shape index (κ1) is 15.0. The number of hydrogen-bond donors (Lipinski definition) is 3. The van der Waals surface area contributed by atoms with E-state index < -0.39 is 11.4 Å². The molecule has 1 amide bonds. The maximum absolute atomic E-state index is 11.7. The van der Waals surface area contributed by atoms with E-state index in [1.165, 1.54) is 6.07 Å². The third-order valence-electron chi connectivity index (χ3n) is 3.31. The number of para-hydroxylation sites is 1. The van der Waals surface area contributed by atoms with Crippen molar-refractivity contribution < 1.29 is 19.8 Å². The fourth-order valence-electron chi connectivity index (χ4n) is 1.54. The zero-order valence-corrected chi connectivity index (χ0v) is 11.1. The number of carboxylic acid groups (broad SMARTS) is 1. The molecule has 0 fully saturated rings. The van der Waals surface area contributed by atoms with Crippen molar-refractivity contribution in [1.82, 2.24) is 5.32 Å². The molecule has 0 aliphatic heterocycles. The molecule has 0 aromatic heterocycles. The average molecular weight is 265 g/mol. The Morgan fingerprint density at radius 3 is 2.47 bits per heavy atom. The lowest BCUT2D eigenvalue weighted by molar-refractivity contribution is -0.148. The van der Waals surface area contributed by atoms with Gasteiger partial charge in [-0.15, -0.1) is 0 Å². The number of aromatic hydroxyl groups is 1. The van der Waals surface area contributed by atoms with Crippen LogP contribution >= 0.6 is 0 Å². The molecule has 0 aliphatic rings. The van der Waals surface area contributed by atoms with Crippen molar-refractivity contribution in [2.75, 3.05) is 6.54 Å². The van der Waals surface area contributed by atoms with E-state index in [1.54, 1.807) is 32.0 Å². The van der Waals surface area contributed by atoms with Crippen LogP contribution in [0.3, 0.4) is 0 Å². The van der Waals surface area contributed by atoms with Crippen LogP contribution in [0.15, 0.2) is 24.3 Å². The molecule has 0 saturated heterocycles. The number of carboxylic acids is 1. The maximum atomic E-state index is 11.7. The van der Waals surface area contributed by atoms with Gasteiger partial charge in [0.15, 0.2) is 0 Å². The van der Waals surface area contributed by atoms with Crippen LogP contribution in [-0.4, -0.2) is 28.6 Å². The topological polar surface area (TPSA) is 86.6 Å². The first-order chi connectivity index (χ1) is 8.89. The summed E-state index contributed by atoms with van der Waals surface area (Å²) in [5, 5.41) is 21.2. The van der Waals surface area contributed by atoms with E-state index in [9.17, 15) is 14.7 Å². The number of aliphatic carboxylic acids is 1. The molecule has 19 heavy (non-hydrogen) atoms. The zero-order chi connectivity index (χ0) is 14.5. The molecular formula is C14H19NO4. The van der Waals surface area contributed by atoms with E-state index in [0.29, 0.717) is 12.0 Å². The Morgan fingerprint density at radius 1 is 1.32 bits per heavy atom. The molecule has 0 bridgehead atoms. The lowest BCUT2D eigenvalue weighted by Crippen LogP contribution is -2.41. The van der Waals surface area contributed by atoms with Gasteiger partial charge >= 0.3 is 5.97 Å². The van der Waals surface area contributed by atoms with Crippen LogP contribution in [-0.2, 0) is 16.0 Å². The Kier molecular flexibility index (Phi) is 4.92. The highest BCUT2D eigenvalue weighted by Gasteiger charge is 2.31. The predicted octanol–water partition coefficient (Wildman–Crippen LogP) is 1.55. The number of phenolic OH excluding ortho intramolecular Hbond substituents is 1. The Morgan fingerprint density at radius 2 is 1.95 bits per heavy atom. The van der Waals surface area contributed by atoms with Crippen LogP contribution in [0.2, 0.25) is 0 Å². The van der Waals surface area contributed by atoms with E-state index in [1.807, 2.05) is 0 Å². The van der Waals surface area contributed by atoms with Crippen molar-refractivity contribution in [1.29, 1.82) is 0 Å². The van der Waals surface area contributed by atoms with E-state index in [2.05, 4.69) is 5.32 Å². The largest absolute Gasteiger partial charge is 0.508 e. The lowest BCUT2D eigenvalue weighted by Gasteiger charge is -2.23. The van der Waals surface area contributed by atoms with Gasteiger partial charge in [0, 0.05) is 12.1 Å². The number of carbonyl (C=O) groups is 2. The number of nitrogens with one attached hydrogen (secondary N) is 1. The maximum Gasteiger partial charge on any atom is 0.311 e. The molecule has 0 saturated carbocycles. The number of carbonyl (C=O) groups excluding carboxylic acids is 1. The zero-order valence-electron chi connectivity index (χ0n) is 11.1. The molecule has 1 unspecified atom stereocenters. The summed E-state index contributed by atoms with van der Waals surface area (Å²) < 4.78 is 0. The quantitative estimate of drug-likeness (QED) is 0.728. The third-order valence-corrected chi connectivity index (χ3v) is 3.31. The Hall–Kier alpha value is -2.04. The van der Waals surface area contributed by atoms with E-state index in [4.69, 9.17) is 5.11 Å². The van der Waals surface area contributed by atoms with Crippen molar-refractivity contribution >= 4 is 11.9 Å². The Bertz CT molecular complexity index is 472. The lowest BCUT2D eigenvalue weighted by atomic mass is 9.87. The number of rotatable bonds is 6. The second-order valence-electron chi connectivity index (χ2n) is 4.80. The minimum atomic E-state index is -0.964. The molecule has 1 aromatic carbocycles. The van der Waals surface area contributed by atoms with Gasteiger partial charge in [-0.1, -0.05) is 25.1 Å². The number of benzene rings is 1. The smallest absolute Gasteiger partial charge is 0.311 e. The summed E-state index contributed by atoms with van der Waals surface area (Å²) in [6.07, 6.45) is 0.464. The molecular weight excluding hydrogens is 246 g/mol. The SMILES string of the molecule is CCC(C)(CNC(=O)Cc1ccccc1O)C(=O)O. The van der Waals surface area contributed by atoms with Crippen molar-refractivity contribution in [2.24, 2.45) is 5.41 Å². The van der Waals surface area contributed by atoms with Gasteiger partial charge in [0.1, 0.15) is 5.75 Å². The second kappa shape index (κ2) is 6.22. The second-order valence-corrected chi connectivity index (χ2v) is 4.80. The van der Waals surface area contributed by atoms with E-state index >= 15 is 0 Å². The predicted molar refractivity (Wildman–Crippen MR) is 70.9 cm³/mol. The third kappa shape index (κ3) is 3.98. The van der Waals surface area contributed by atoms with E-state index in [-0.39, 0.29) is 24.6 Å². The van der Waals surface area contributed by atoms with Crippen molar-refractivity contribution in [3.63, 3.8) is 0 Å². The monoisotopic (exact) mass is 265 g/mol. The summed E-state index contributed by atoms with van der Waals surface area (Å²) >= 11 is 0. The molecule has 3 N–H and O–H groups in total. The summed E-state index contributed by atoms with van der Waals surface area (Å²) in [6, 6.07) is 6.58.